The molecule has 14 heavy (non-hydrogen) atoms. The fourth-order valence-corrected chi connectivity index (χ4v) is 2.01. The average molecular weight is 199 g/mol. The SMILES string of the molecule is CC(C)N1CCC(OC(C)(C)C)CC1. The minimum atomic E-state index is 0.0185. The molecule has 0 amide bonds. The van der Waals surface area contributed by atoms with Gasteiger partial charge in [0.2, 0.25) is 0 Å². The standard InChI is InChI=1S/C12H25NO/c1-10(2)13-8-6-11(7-9-13)14-12(3,4)5/h10-11H,6-9H2,1-5H3. The number of hydrogen-bond donors (Lipinski definition) is 0. The smallest absolute Gasteiger partial charge is 0.0606 e. The minimum Gasteiger partial charge on any atom is -0.373 e. The molecule has 84 valence electrons. The molecule has 1 fully saturated rings. The van der Waals surface area contributed by atoms with E-state index in [0.717, 1.165) is 0 Å². The van der Waals surface area contributed by atoms with Gasteiger partial charge in [-0.25, -0.2) is 0 Å². The Balaban J connectivity index is 2.29. The van der Waals surface area contributed by atoms with Crippen molar-refractivity contribution in [3.63, 3.8) is 0 Å². The number of piperidine rings is 1. The van der Waals surface area contributed by atoms with Crippen LogP contribution in [0.3, 0.4) is 0 Å². The molecule has 0 atom stereocenters. The van der Waals surface area contributed by atoms with E-state index in [9.17, 15) is 0 Å². The van der Waals surface area contributed by atoms with Gasteiger partial charge in [-0.2, -0.15) is 0 Å². The van der Waals surface area contributed by atoms with E-state index in [1.54, 1.807) is 0 Å². The van der Waals surface area contributed by atoms with Crippen LogP contribution in [0.1, 0.15) is 47.5 Å². The lowest BCUT2D eigenvalue weighted by Crippen LogP contribution is -2.42. The highest BCUT2D eigenvalue weighted by atomic mass is 16.5. The Labute approximate surface area is 88.6 Å². The molecule has 1 aliphatic rings. The second kappa shape index (κ2) is 4.63. The van der Waals surface area contributed by atoms with Crippen molar-refractivity contribution < 1.29 is 4.74 Å². The molecule has 0 unspecified atom stereocenters. The molecule has 1 heterocycles. The van der Waals surface area contributed by atoms with E-state index < -0.39 is 0 Å². The van der Waals surface area contributed by atoms with Crippen LogP contribution >= 0.6 is 0 Å². The van der Waals surface area contributed by atoms with E-state index in [4.69, 9.17) is 4.74 Å². The predicted octanol–water partition coefficient (Wildman–Crippen LogP) is 2.67. The van der Waals surface area contributed by atoms with Crippen molar-refractivity contribution in [2.45, 2.75) is 65.2 Å². The Hall–Kier alpha value is -0.0800. The van der Waals surface area contributed by atoms with Gasteiger partial charge in [-0.1, -0.05) is 0 Å². The molecule has 2 nitrogen and oxygen atoms in total. The largest absolute Gasteiger partial charge is 0.373 e. The average Bonchev–Trinajstić information content (AvgIpc) is 2.02. The summed E-state index contributed by atoms with van der Waals surface area (Å²) in [4.78, 5) is 2.53. The molecule has 0 aliphatic carbocycles. The van der Waals surface area contributed by atoms with Crippen LogP contribution in [0.4, 0.5) is 0 Å². The third-order valence-corrected chi connectivity index (χ3v) is 2.73. The van der Waals surface area contributed by atoms with Gasteiger partial charge in [0.25, 0.3) is 0 Å². The fraction of sp³-hybridized carbons (Fsp3) is 1.00. The Bertz CT molecular complexity index is 164. The third-order valence-electron chi connectivity index (χ3n) is 2.73. The number of likely N-dealkylation sites (tertiary alicyclic amines) is 1. The molecule has 0 aromatic heterocycles. The van der Waals surface area contributed by atoms with Gasteiger partial charge in [-0.15, -0.1) is 0 Å². The lowest BCUT2D eigenvalue weighted by atomic mass is 10.0. The van der Waals surface area contributed by atoms with Crippen molar-refractivity contribution >= 4 is 0 Å². The quantitative estimate of drug-likeness (QED) is 0.678. The Morgan fingerprint density at radius 1 is 1.14 bits per heavy atom. The number of hydrogen-bond acceptors (Lipinski definition) is 2. The van der Waals surface area contributed by atoms with Gasteiger partial charge in [-0.3, -0.25) is 0 Å². The molecule has 0 radical (unpaired) electrons. The number of nitrogens with zero attached hydrogens (tertiary/aromatic N) is 1. The first kappa shape index (κ1) is 12.0. The van der Waals surface area contributed by atoms with Crippen molar-refractivity contribution in [1.29, 1.82) is 0 Å². The molecule has 1 saturated heterocycles. The summed E-state index contributed by atoms with van der Waals surface area (Å²) in [6, 6.07) is 0.686. The van der Waals surface area contributed by atoms with Crippen molar-refractivity contribution in [3.8, 4) is 0 Å². The van der Waals surface area contributed by atoms with Gasteiger partial charge in [0.05, 0.1) is 11.7 Å². The van der Waals surface area contributed by atoms with E-state index in [2.05, 4.69) is 39.5 Å². The number of rotatable bonds is 2. The molecule has 0 aromatic carbocycles. The summed E-state index contributed by atoms with van der Waals surface area (Å²) in [5.41, 5.74) is 0.0185. The van der Waals surface area contributed by atoms with Gasteiger partial charge in [-0.05, 0) is 47.5 Å². The van der Waals surface area contributed by atoms with Gasteiger partial charge in [0, 0.05) is 19.1 Å². The maximum atomic E-state index is 5.98. The molecule has 0 spiro atoms. The minimum absolute atomic E-state index is 0.0185. The molecular weight excluding hydrogens is 174 g/mol. The summed E-state index contributed by atoms with van der Waals surface area (Å²) in [6.07, 6.45) is 2.86. The normalized spacial score (nSPS) is 21.9. The molecule has 0 bridgehead atoms. The summed E-state index contributed by atoms with van der Waals surface area (Å²) in [5.74, 6) is 0. The van der Waals surface area contributed by atoms with Crippen LogP contribution < -0.4 is 0 Å². The van der Waals surface area contributed by atoms with Gasteiger partial charge < -0.3 is 9.64 Å². The van der Waals surface area contributed by atoms with Crippen LogP contribution in [-0.2, 0) is 4.74 Å². The molecule has 0 N–H and O–H groups in total. The van der Waals surface area contributed by atoms with Crippen LogP contribution in [0.25, 0.3) is 0 Å². The van der Waals surface area contributed by atoms with Crippen molar-refractivity contribution in [2.24, 2.45) is 0 Å². The second-order valence-electron chi connectivity index (χ2n) is 5.56. The Morgan fingerprint density at radius 3 is 2.00 bits per heavy atom. The van der Waals surface area contributed by atoms with Crippen LogP contribution in [0.5, 0.6) is 0 Å². The van der Waals surface area contributed by atoms with Gasteiger partial charge in [0.1, 0.15) is 0 Å². The maximum absolute atomic E-state index is 5.98. The van der Waals surface area contributed by atoms with Gasteiger partial charge in [0.15, 0.2) is 0 Å². The first-order chi connectivity index (χ1) is 6.38. The zero-order valence-electron chi connectivity index (χ0n) is 10.3. The molecule has 0 aromatic rings. The third kappa shape index (κ3) is 3.97. The topological polar surface area (TPSA) is 12.5 Å². The predicted molar refractivity (Wildman–Crippen MR) is 60.6 cm³/mol. The zero-order valence-corrected chi connectivity index (χ0v) is 10.3. The molecule has 0 saturated carbocycles. The summed E-state index contributed by atoms with van der Waals surface area (Å²) in [6.45, 7) is 13.3. The van der Waals surface area contributed by atoms with Crippen LogP contribution in [0.15, 0.2) is 0 Å². The summed E-state index contributed by atoms with van der Waals surface area (Å²) >= 11 is 0. The summed E-state index contributed by atoms with van der Waals surface area (Å²) in [7, 11) is 0. The lowest BCUT2D eigenvalue weighted by molar-refractivity contribution is -0.0842. The first-order valence-corrected chi connectivity index (χ1v) is 5.80. The highest BCUT2D eigenvalue weighted by Gasteiger charge is 2.24. The van der Waals surface area contributed by atoms with E-state index in [1.807, 2.05) is 0 Å². The van der Waals surface area contributed by atoms with Crippen molar-refractivity contribution in [3.05, 3.63) is 0 Å². The van der Waals surface area contributed by atoms with E-state index >= 15 is 0 Å². The van der Waals surface area contributed by atoms with Crippen LogP contribution in [0, 0.1) is 0 Å². The van der Waals surface area contributed by atoms with Gasteiger partial charge >= 0.3 is 0 Å². The molecule has 1 aliphatic heterocycles. The maximum Gasteiger partial charge on any atom is 0.0606 e. The highest BCUT2D eigenvalue weighted by Crippen LogP contribution is 2.20. The van der Waals surface area contributed by atoms with Crippen molar-refractivity contribution in [1.82, 2.24) is 4.90 Å². The summed E-state index contributed by atoms with van der Waals surface area (Å²) in [5, 5.41) is 0. The van der Waals surface area contributed by atoms with Crippen LogP contribution in [0.2, 0.25) is 0 Å². The van der Waals surface area contributed by atoms with E-state index in [0.29, 0.717) is 12.1 Å². The number of ether oxygens (including phenoxy) is 1. The van der Waals surface area contributed by atoms with E-state index in [-0.39, 0.29) is 5.60 Å². The zero-order chi connectivity index (χ0) is 10.8. The van der Waals surface area contributed by atoms with Crippen LogP contribution in [-0.4, -0.2) is 35.7 Å². The molecule has 2 heteroatoms. The van der Waals surface area contributed by atoms with Crippen molar-refractivity contribution in [2.75, 3.05) is 13.1 Å². The Kier molecular flexibility index (Phi) is 3.96. The lowest BCUT2D eigenvalue weighted by Gasteiger charge is -2.37. The molecular formula is C12H25NO. The first-order valence-electron chi connectivity index (χ1n) is 5.80. The Morgan fingerprint density at radius 2 is 1.64 bits per heavy atom. The summed E-state index contributed by atoms with van der Waals surface area (Å²) < 4.78 is 5.98. The second-order valence-corrected chi connectivity index (χ2v) is 5.56. The highest BCUT2D eigenvalue weighted by molar-refractivity contribution is 4.76. The van der Waals surface area contributed by atoms with E-state index in [1.165, 1.54) is 25.9 Å². The fourth-order valence-electron chi connectivity index (χ4n) is 2.01. The monoisotopic (exact) mass is 199 g/mol. The molecule has 1 rings (SSSR count).